The van der Waals surface area contributed by atoms with Gasteiger partial charge in [0.25, 0.3) is 11.1 Å². The monoisotopic (exact) mass is 508 g/mol. The molecule has 4 rings (SSSR count). The summed E-state index contributed by atoms with van der Waals surface area (Å²) in [7, 11) is 0. The number of ketones is 1. The summed E-state index contributed by atoms with van der Waals surface area (Å²) in [5, 5.41) is -0.497. The van der Waals surface area contributed by atoms with Crippen LogP contribution in [0.25, 0.3) is 6.08 Å². The second-order valence-electron chi connectivity index (χ2n) is 8.30. The first-order valence-corrected chi connectivity index (χ1v) is 12.8. The van der Waals surface area contributed by atoms with Gasteiger partial charge in [0.1, 0.15) is 18.0 Å². The fraction of sp³-hybridized carbons (Fsp3) is 0.333. The molecule has 2 fully saturated rings. The van der Waals surface area contributed by atoms with Crippen molar-refractivity contribution in [3.05, 3.63) is 64.1 Å². The van der Waals surface area contributed by atoms with E-state index in [2.05, 4.69) is 0 Å². The van der Waals surface area contributed by atoms with Crippen LogP contribution < -0.4 is 9.47 Å². The zero-order valence-corrected chi connectivity index (χ0v) is 21.1. The summed E-state index contributed by atoms with van der Waals surface area (Å²) in [5.74, 6) is -0.212. The van der Waals surface area contributed by atoms with Gasteiger partial charge in [-0.25, -0.2) is 0 Å². The molecule has 0 radical (unpaired) electrons. The van der Waals surface area contributed by atoms with Crippen molar-refractivity contribution in [1.29, 1.82) is 0 Å². The van der Waals surface area contributed by atoms with Crippen LogP contribution in [0.2, 0.25) is 0 Å². The van der Waals surface area contributed by atoms with Gasteiger partial charge in [0, 0.05) is 30.3 Å². The van der Waals surface area contributed by atoms with E-state index in [4.69, 9.17) is 9.47 Å². The van der Waals surface area contributed by atoms with Crippen molar-refractivity contribution >= 4 is 40.7 Å². The summed E-state index contributed by atoms with van der Waals surface area (Å²) in [6, 6.07) is 12.1. The maximum absolute atomic E-state index is 13.3. The van der Waals surface area contributed by atoms with E-state index >= 15 is 0 Å². The third-order valence-electron chi connectivity index (χ3n) is 5.90. The minimum Gasteiger partial charge on any atom is -0.493 e. The summed E-state index contributed by atoms with van der Waals surface area (Å²) in [6.07, 6.45) is 3.39. The Bertz CT molecular complexity index is 1200. The van der Waals surface area contributed by atoms with E-state index in [1.165, 1.54) is 6.08 Å². The lowest BCUT2D eigenvalue weighted by molar-refractivity contribution is -0.135. The fourth-order valence-electron chi connectivity index (χ4n) is 4.15. The zero-order chi connectivity index (χ0) is 25.7. The highest BCUT2D eigenvalue weighted by Crippen LogP contribution is 2.37. The Morgan fingerprint density at radius 1 is 0.972 bits per heavy atom. The van der Waals surface area contributed by atoms with Gasteiger partial charge < -0.3 is 14.4 Å². The topological polar surface area (TPSA) is 93.2 Å². The van der Waals surface area contributed by atoms with E-state index in [0.29, 0.717) is 54.5 Å². The van der Waals surface area contributed by atoms with Gasteiger partial charge in [0.05, 0.1) is 23.7 Å². The third kappa shape index (κ3) is 5.46. The number of carbonyl (C=O) groups is 4. The van der Waals surface area contributed by atoms with Gasteiger partial charge in [-0.05, 0) is 50.6 Å². The average molecular weight is 509 g/mol. The Labute approximate surface area is 214 Å². The molecule has 2 heterocycles. The molecule has 0 saturated carbocycles. The average Bonchev–Trinajstić information content (AvgIpc) is 3.51. The number of hydrogen-bond acceptors (Lipinski definition) is 7. The summed E-state index contributed by atoms with van der Waals surface area (Å²) in [6.45, 7) is 5.37. The normalized spacial score (nSPS) is 16.7. The number of hydrogen-bond donors (Lipinski definition) is 0. The lowest BCUT2D eigenvalue weighted by Gasteiger charge is -2.18. The number of imide groups is 1. The first-order valence-electron chi connectivity index (χ1n) is 12.0. The molecule has 188 valence electrons. The first kappa shape index (κ1) is 25.5. The second-order valence-corrected chi connectivity index (χ2v) is 9.30. The summed E-state index contributed by atoms with van der Waals surface area (Å²) < 4.78 is 11.5. The number of thioether (sulfide) groups is 1. The molecule has 0 N–H and O–H groups in total. The van der Waals surface area contributed by atoms with Crippen LogP contribution in [0.1, 0.15) is 48.2 Å². The highest BCUT2D eigenvalue weighted by Gasteiger charge is 2.37. The number of benzene rings is 2. The highest BCUT2D eigenvalue weighted by molar-refractivity contribution is 8.18. The van der Waals surface area contributed by atoms with Crippen molar-refractivity contribution in [2.75, 3.05) is 32.8 Å². The predicted octanol–water partition coefficient (Wildman–Crippen LogP) is 4.37. The molecule has 0 aromatic heterocycles. The molecular weight excluding hydrogens is 480 g/mol. The van der Waals surface area contributed by atoms with Gasteiger partial charge in [0.15, 0.2) is 5.78 Å². The van der Waals surface area contributed by atoms with E-state index in [-0.39, 0.29) is 23.1 Å². The largest absolute Gasteiger partial charge is 0.493 e. The van der Waals surface area contributed by atoms with Crippen LogP contribution in [0.3, 0.4) is 0 Å². The molecule has 2 saturated heterocycles. The Kier molecular flexibility index (Phi) is 8.10. The Morgan fingerprint density at radius 2 is 1.64 bits per heavy atom. The van der Waals surface area contributed by atoms with Crippen LogP contribution >= 0.6 is 11.8 Å². The van der Waals surface area contributed by atoms with Crippen molar-refractivity contribution in [3.8, 4) is 11.5 Å². The van der Waals surface area contributed by atoms with Gasteiger partial charge in [0.2, 0.25) is 5.91 Å². The smallest absolute Gasteiger partial charge is 0.294 e. The SMILES string of the molecule is CCOc1cc(OCC)c(C(=O)c2ccccc2)cc1/C=C1/SC(=O)N(CC(=O)N2CCCC2)C1=O. The van der Waals surface area contributed by atoms with Crippen molar-refractivity contribution < 1.29 is 28.7 Å². The summed E-state index contributed by atoms with van der Waals surface area (Å²) in [5.41, 5.74) is 1.28. The van der Waals surface area contributed by atoms with Crippen LogP contribution in [0.15, 0.2) is 47.4 Å². The first-order chi connectivity index (χ1) is 17.4. The molecule has 0 unspecified atom stereocenters. The zero-order valence-electron chi connectivity index (χ0n) is 20.3. The Morgan fingerprint density at radius 3 is 2.31 bits per heavy atom. The minimum atomic E-state index is -0.537. The summed E-state index contributed by atoms with van der Waals surface area (Å²) in [4.78, 5) is 54.3. The number of amides is 3. The molecule has 0 atom stereocenters. The third-order valence-corrected chi connectivity index (χ3v) is 6.81. The molecule has 36 heavy (non-hydrogen) atoms. The molecule has 2 aromatic carbocycles. The van der Waals surface area contributed by atoms with Gasteiger partial charge in [-0.1, -0.05) is 30.3 Å². The predicted molar refractivity (Wildman–Crippen MR) is 137 cm³/mol. The fourth-order valence-corrected chi connectivity index (χ4v) is 4.98. The number of likely N-dealkylation sites (tertiary alicyclic amines) is 1. The molecule has 9 heteroatoms. The van der Waals surface area contributed by atoms with Crippen LogP contribution in [0.4, 0.5) is 4.79 Å². The van der Waals surface area contributed by atoms with Crippen molar-refractivity contribution in [1.82, 2.24) is 9.80 Å². The van der Waals surface area contributed by atoms with Gasteiger partial charge in [-0.3, -0.25) is 24.1 Å². The molecule has 0 aliphatic carbocycles. The van der Waals surface area contributed by atoms with Crippen LogP contribution in [0.5, 0.6) is 11.5 Å². The van der Waals surface area contributed by atoms with E-state index in [1.807, 2.05) is 19.9 Å². The molecule has 0 bridgehead atoms. The summed E-state index contributed by atoms with van der Waals surface area (Å²) >= 11 is 0.769. The van der Waals surface area contributed by atoms with E-state index < -0.39 is 11.1 Å². The molecule has 3 amide bonds. The van der Waals surface area contributed by atoms with Crippen molar-refractivity contribution in [3.63, 3.8) is 0 Å². The minimum absolute atomic E-state index is 0.164. The Hall–Kier alpha value is -3.59. The van der Waals surface area contributed by atoms with E-state index in [0.717, 1.165) is 29.5 Å². The maximum atomic E-state index is 13.3. The lowest BCUT2D eigenvalue weighted by Crippen LogP contribution is -2.40. The van der Waals surface area contributed by atoms with Gasteiger partial charge >= 0.3 is 0 Å². The maximum Gasteiger partial charge on any atom is 0.294 e. The molecular formula is C27H28N2O6S. The van der Waals surface area contributed by atoms with Crippen LogP contribution in [-0.4, -0.2) is 65.5 Å². The second kappa shape index (κ2) is 11.4. The van der Waals surface area contributed by atoms with Crippen LogP contribution in [-0.2, 0) is 9.59 Å². The number of nitrogens with zero attached hydrogens (tertiary/aromatic N) is 2. The van der Waals surface area contributed by atoms with Crippen molar-refractivity contribution in [2.45, 2.75) is 26.7 Å². The molecule has 2 aliphatic rings. The molecule has 2 aliphatic heterocycles. The Balaban J connectivity index is 1.68. The lowest BCUT2D eigenvalue weighted by atomic mass is 9.99. The molecule has 8 nitrogen and oxygen atoms in total. The van der Waals surface area contributed by atoms with E-state index in [1.54, 1.807) is 41.3 Å². The molecule has 2 aromatic rings. The highest BCUT2D eigenvalue weighted by atomic mass is 32.2. The quantitative estimate of drug-likeness (QED) is 0.367. The van der Waals surface area contributed by atoms with Gasteiger partial charge in [-0.2, -0.15) is 0 Å². The van der Waals surface area contributed by atoms with Gasteiger partial charge in [-0.15, -0.1) is 0 Å². The molecule has 0 spiro atoms. The van der Waals surface area contributed by atoms with Crippen molar-refractivity contribution in [2.24, 2.45) is 0 Å². The van der Waals surface area contributed by atoms with E-state index in [9.17, 15) is 19.2 Å². The number of rotatable bonds is 9. The van der Waals surface area contributed by atoms with Crippen LogP contribution in [0, 0.1) is 0 Å². The number of carbonyl (C=O) groups excluding carboxylic acids is 4. The standard InChI is InChI=1S/C27H28N2O6S/c1-3-34-21-16-22(35-4-2)20(25(31)18-10-6-5-7-11-18)14-19(21)15-23-26(32)29(27(33)36-23)17-24(30)28-12-8-9-13-28/h5-7,10-11,14-16H,3-4,8-9,12-13,17H2,1-2H3/b23-15+. The number of ether oxygens (including phenoxy) is 2.